The van der Waals surface area contributed by atoms with Gasteiger partial charge in [-0.1, -0.05) is 338 Å². The summed E-state index contributed by atoms with van der Waals surface area (Å²) in [6.45, 7) is 6.53. The molecule has 1 atom stereocenters. The van der Waals surface area contributed by atoms with Gasteiger partial charge in [-0.3, -0.25) is 14.4 Å². The van der Waals surface area contributed by atoms with Crippen molar-refractivity contribution >= 4 is 17.9 Å². The highest BCUT2D eigenvalue weighted by Gasteiger charge is 2.19. The SMILES string of the molecule is CC/C=C\C/C=C\C/C=C\C/C=C\C/C=C\CCCCCC(=O)OC(COC(=O)CCCCCCC/C=C\CCCCCC)COC(=O)CCCCCCCCCCCCCCCCCCCCCCCCCCCCCCCCCC. The molecule has 82 heavy (non-hydrogen) atoms. The number of esters is 3. The van der Waals surface area contributed by atoms with Crippen LogP contribution in [0.15, 0.2) is 72.9 Å². The van der Waals surface area contributed by atoms with Gasteiger partial charge in [0.05, 0.1) is 0 Å². The third-order valence-corrected chi connectivity index (χ3v) is 15.9. The van der Waals surface area contributed by atoms with E-state index in [4.69, 9.17) is 14.2 Å². The molecule has 0 N–H and O–H groups in total. The zero-order chi connectivity index (χ0) is 59.2. The Hall–Kier alpha value is -3.15. The molecule has 0 aromatic heterocycles. The molecule has 0 aliphatic heterocycles. The Labute approximate surface area is 510 Å². The van der Waals surface area contributed by atoms with Crippen LogP contribution in [0.4, 0.5) is 0 Å². The summed E-state index contributed by atoms with van der Waals surface area (Å²) in [5, 5.41) is 0. The second kappa shape index (κ2) is 70.3. The molecule has 0 aromatic carbocycles. The fourth-order valence-electron chi connectivity index (χ4n) is 10.6. The second-order valence-corrected chi connectivity index (χ2v) is 24.1. The number of hydrogen-bond acceptors (Lipinski definition) is 6. The fraction of sp³-hybridized carbons (Fsp3) is 0.803. The first-order valence-electron chi connectivity index (χ1n) is 35.9. The van der Waals surface area contributed by atoms with Crippen molar-refractivity contribution in [2.75, 3.05) is 13.2 Å². The molecule has 1 unspecified atom stereocenters. The highest BCUT2D eigenvalue weighted by molar-refractivity contribution is 5.71. The molecule has 6 heteroatoms. The summed E-state index contributed by atoms with van der Waals surface area (Å²) in [7, 11) is 0. The summed E-state index contributed by atoms with van der Waals surface area (Å²) >= 11 is 0. The maximum Gasteiger partial charge on any atom is 0.306 e. The van der Waals surface area contributed by atoms with E-state index in [0.29, 0.717) is 19.3 Å². The zero-order valence-electron chi connectivity index (χ0n) is 54.8. The van der Waals surface area contributed by atoms with Gasteiger partial charge < -0.3 is 14.2 Å². The standard InChI is InChI=1S/C76H136O6/c1-4-7-10-13-16-19-22-25-27-29-31-32-33-34-35-36-37-38-39-40-41-42-43-45-46-48-51-54-57-60-63-66-69-75(78)81-72-73(71-80-74(77)68-65-62-59-56-53-50-24-21-18-15-12-9-6-3)82-76(79)70-67-64-61-58-55-52-49-47-44-30-28-26-23-20-17-14-11-8-5-2/h8,11,17,20-21,24,26,28,44,47,52,55,73H,4-7,9-10,12-16,18-19,22-23,25,27,29-43,45-46,48-51,53-54,56-72H2,1-3H3/b11-8-,20-17-,24-21-,28-26-,47-44-,55-52-. The molecule has 0 spiro atoms. The van der Waals surface area contributed by atoms with Gasteiger partial charge in [0.25, 0.3) is 0 Å². The van der Waals surface area contributed by atoms with Gasteiger partial charge in [0.15, 0.2) is 6.10 Å². The fourth-order valence-corrected chi connectivity index (χ4v) is 10.6. The summed E-state index contributed by atoms with van der Waals surface area (Å²) in [6, 6.07) is 0. The quantitative estimate of drug-likeness (QED) is 0.0261. The molecular formula is C76H136O6. The van der Waals surface area contributed by atoms with E-state index in [-0.39, 0.29) is 31.1 Å². The molecule has 0 radical (unpaired) electrons. The van der Waals surface area contributed by atoms with Gasteiger partial charge in [0.2, 0.25) is 0 Å². The molecule has 0 aliphatic rings. The van der Waals surface area contributed by atoms with Crippen molar-refractivity contribution in [1.29, 1.82) is 0 Å². The predicted molar refractivity (Wildman–Crippen MR) is 358 cm³/mol. The third kappa shape index (κ3) is 67.6. The van der Waals surface area contributed by atoms with Crippen molar-refractivity contribution in [3.05, 3.63) is 72.9 Å². The maximum atomic E-state index is 12.9. The molecule has 0 saturated heterocycles. The summed E-state index contributed by atoms with van der Waals surface area (Å²) in [4.78, 5) is 38.4. The maximum absolute atomic E-state index is 12.9. The van der Waals surface area contributed by atoms with E-state index in [1.807, 2.05) is 0 Å². The van der Waals surface area contributed by atoms with E-state index in [1.54, 1.807) is 0 Å². The summed E-state index contributed by atoms with van der Waals surface area (Å²) < 4.78 is 16.9. The van der Waals surface area contributed by atoms with Crippen LogP contribution < -0.4 is 0 Å². The van der Waals surface area contributed by atoms with Crippen molar-refractivity contribution in [3.63, 3.8) is 0 Å². The van der Waals surface area contributed by atoms with Crippen LogP contribution in [0.2, 0.25) is 0 Å². The largest absolute Gasteiger partial charge is 0.462 e. The van der Waals surface area contributed by atoms with Gasteiger partial charge >= 0.3 is 17.9 Å². The summed E-state index contributed by atoms with van der Waals surface area (Å²) in [5.74, 6) is -0.912. The molecule has 0 bridgehead atoms. The van der Waals surface area contributed by atoms with Gasteiger partial charge in [-0.25, -0.2) is 0 Å². The van der Waals surface area contributed by atoms with Crippen molar-refractivity contribution < 1.29 is 28.6 Å². The molecule has 0 saturated carbocycles. The number of unbranched alkanes of at least 4 members (excludes halogenated alkanes) is 43. The van der Waals surface area contributed by atoms with E-state index in [2.05, 4.69) is 93.7 Å². The minimum absolute atomic E-state index is 0.0885. The van der Waals surface area contributed by atoms with Crippen LogP contribution in [0, 0.1) is 0 Å². The zero-order valence-corrected chi connectivity index (χ0v) is 54.8. The molecule has 0 fully saturated rings. The number of allylic oxidation sites excluding steroid dienone is 12. The monoisotopic (exact) mass is 1150 g/mol. The molecular weight excluding hydrogens is 1010 g/mol. The van der Waals surface area contributed by atoms with Crippen molar-refractivity contribution in [2.45, 2.75) is 380 Å². The van der Waals surface area contributed by atoms with E-state index >= 15 is 0 Å². The van der Waals surface area contributed by atoms with Gasteiger partial charge in [0.1, 0.15) is 13.2 Å². The van der Waals surface area contributed by atoms with E-state index in [1.165, 1.54) is 231 Å². The molecule has 6 nitrogen and oxygen atoms in total. The van der Waals surface area contributed by atoms with Crippen LogP contribution in [0.25, 0.3) is 0 Å². The van der Waals surface area contributed by atoms with E-state index < -0.39 is 6.10 Å². The molecule has 0 heterocycles. The summed E-state index contributed by atoms with van der Waals surface area (Å²) in [5.41, 5.74) is 0. The lowest BCUT2D eigenvalue weighted by molar-refractivity contribution is -0.167. The van der Waals surface area contributed by atoms with Gasteiger partial charge in [0, 0.05) is 19.3 Å². The minimum atomic E-state index is -0.797. The van der Waals surface area contributed by atoms with Crippen molar-refractivity contribution in [2.24, 2.45) is 0 Å². The highest BCUT2D eigenvalue weighted by Crippen LogP contribution is 2.18. The third-order valence-electron chi connectivity index (χ3n) is 15.9. The number of hydrogen-bond donors (Lipinski definition) is 0. The highest BCUT2D eigenvalue weighted by atomic mass is 16.6. The number of carbonyl (C=O) groups is 3. The van der Waals surface area contributed by atoms with Crippen molar-refractivity contribution in [1.82, 2.24) is 0 Å². The Kier molecular flexibility index (Phi) is 67.6. The Morgan fingerprint density at radius 3 is 0.780 bits per heavy atom. The average Bonchev–Trinajstić information content (AvgIpc) is 3.47. The first-order valence-corrected chi connectivity index (χ1v) is 35.9. The first-order chi connectivity index (χ1) is 40.5. The van der Waals surface area contributed by atoms with Crippen molar-refractivity contribution in [3.8, 4) is 0 Å². The van der Waals surface area contributed by atoms with Crippen LogP contribution in [0.5, 0.6) is 0 Å². The lowest BCUT2D eigenvalue weighted by atomic mass is 10.0. The van der Waals surface area contributed by atoms with Crippen LogP contribution in [-0.4, -0.2) is 37.2 Å². The Balaban J connectivity index is 4.18. The molecule has 476 valence electrons. The van der Waals surface area contributed by atoms with E-state index in [0.717, 1.165) is 103 Å². The first kappa shape index (κ1) is 78.8. The Bertz CT molecular complexity index is 1500. The molecule has 0 aromatic rings. The second-order valence-electron chi connectivity index (χ2n) is 24.1. The Morgan fingerprint density at radius 1 is 0.256 bits per heavy atom. The smallest absolute Gasteiger partial charge is 0.306 e. The van der Waals surface area contributed by atoms with Crippen LogP contribution in [-0.2, 0) is 28.6 Å². The Morgan fingerprint density at radius 2 is 0.476 bits per heavy atom. The van der Waals surface area contributed by atoms with Crippen LogP contribution in [0.3, 0.4) is 0 Å². The molecule has 0 amide bonds. The number of rotatable bonds is 66. The molecule has 0 rings (SSSR count). The van der Waals surface area contributed by atoms with Crippen LogP contribution >= 0.6 is 0 Å². The molecule has 0 aliphatic carbocycles. The van der Waals surface area contributed by atoms with Gasteiger partial charge in [-0.05, 0) is 89.9 Å². The topological polar surface area (TPSA) is 78.9 Å². The predicted octanol–water partition coefficient (Wildman–Crippen LogP) is 24.8. The van der Waals surface area contributed by atoms with Gasteiger partial charge in [-0.2, -0.15) is 0 Å². The number of ether oxygens (including phenoxy) is 3. The van der Waals surface area contributed by atoms with Crippen LogP contribution in [0.1, 0.15) is 374 Å². The van der Waals surface area contributed by atoms with Gasteiger partial charge in [-0.15, -0.1) is 0 Å². The summed E-state index contributed by atoms with van der Waals surface area (Å²) in [6.07, 6.45) is 92.4. The number of carbonyl (C=O) groups excluding carboxylic acids is 3. The average molecular weight is 1150 g/mol. The minimum Gasteiger partial charge on any atom is -0.462 e. The lowest BCUT2D eigenvalue weighted by Gasteiger charge is -2.18. The lowest BCUT2D eigenvalue weighted by Crippen LogP contribution is -2.30. The normalized spacial score (nSPS) is 12.5. The van der Waals surface area contributed by atoms with E-state index in [9.17, 15) is 14.4 Å².